The van der Waals surface area contributed by atoms with Crippen LogP contribution < -0.4 is 10.1 Å². The van der Waals surface area contributed by atoms with E-state index in [1.807, 2.05) is 30.3 Å². The van der Waals surface area contributed by atoms with Crippen molar-refractivity contribution >= 4 is 5.96 Å². The Labute approximate surface area is 158 Å². The van der Waals surface area contributed by atoms with Crippen molar-refractivity contribution in [2.45, 2.75) is 19.9 Å². The summed E-state index contributed by atoms with van der Waals surface area (Å²) >= 11 is 0. The fraction of sp³-hybridized carbons (Fsp3) is 0.650. The number of ether oxygens (including phenoxy) is 1. The lowest BCUT2D eigenvalue weighted by Gasteiger charge is -2.36. The number of likely N-dealkylation sites (N-methyl/N-ethyl adjacent to an activating group) is 2. The number of rotatable bonds is 8. The summed E-state index contributed by atoms with van der Waals surface area (Å²) in [6, 6.07) is 10.4. The third-order valence-electron chi connectivity index (χ3n) is 4.80. The quantitative estimate of drug-likeness (QED) is 0.563. The fourth-order valence-corrected chi connectivity index (χ4v) is 2.99. The van der Waals surface area contributed by atoms with Crippen molar-refractivity contribution in [3.05, 3.63) is 30.3 Å². The molecule has 1 aromatic rings. The van der Waals surface area contributed by atoms with Crippen LogP contribution in [0.1, 0.15) is 13.8 Å². The lowest BCUT2D eigenvalue weighted by molar-refractivity contribution is 0.122. The van der Waals surface area contributed by atoms with E-state index in [0.717, 1.165) is 57.5 Å². The van der Waals surface area contributed by atoms with Crippen molar-refractivity contribution < 1.29 is 4.74 Å². The van der Waals surface area contributed by atoms with Crippen LogP contribution in [0.2, 0.25) is 0 Å². The molecule has 146 valence electrons. The number of benzene rings is 1. The van der Waals surface area contributed by atoms with Crippen LogP contribution in [-0.2, 0) is 0 Å². The predicted octanol–water partition coefficient (Wildman–Crippen LogP) is 1.60. The minimum atomic E-state index is 0.464. The van der Waals surface area contributed by atoms with Crippen LogP contribution in [0.3, 0.4) is 0 Å². The van der Waals surface area contributed by atoms with E-state index >= 15 is 0 Å². The summed E-state index contributed by atoms with van der Waals surface area (Å²) in [4.78, 5) is 11.9. The predicted molar refractivity (Wildman–Crippen MR) is 109 cm³/mol. The molecule has 0 aliphatic carbocycles. The SMILES string of the molecule is CCNC(=NCC(C)N1CCN(C)CC1)N(C)CCOc1ccccc1. The van der Waals surface area contributed by atoms with Gasteiger partial charge in [-0.2, -0.15) is 0 Å². The van der Waals surface area contributed by atoms with Crippen LogP contribution in [0.25, 0.3) is 0 Å². The van der Waals surface area contributed by atoms with E-state index in [2.05, 4.69) is 48.0 Å². The first-order valence-electron chi connectivity index (χ1n) is 9.70. The highest BCUT2D eigenvalue weighted by atomic mass is 16.5. The zero-order valence-electron chi connectivity index (χ0n) is 16.8. The van der Waals surface area contributed by atoms with Crippen molar-refractivity contribution in [3.63, 3.8) is 0 Å². The Morgan fingerprint density at radius 2 is 1.92 bits per heavy atom. The fourth-order valence-electron chi connectivity index (χ4n) is 2.99. The van der Waals surface area contributed by atoms with E-state index in [4.69, 9.17) is 9.73 Å². The van der Waals surface area contributed by atoms with Gasteiger partial charge in [0, 0.05) is 45.8 Å². The number of aliphatic imine (C=N–C) groups is 1. The minimum absolute atomic E-state index is 0.464. The van der Waals surface area contributed by atoms with E-state index in [9.17, 15) is 0 Å². The normalized spacial score (nSPS) is 17.8. The summed E-state index contributed by atoms with van der Waals surface area (Å²) in [7, 11) is 4.26. The lowest BCUT2D eigenvalue weighted by Crippen LogP contribution is -2.49. The minimum Gasteiger partial charge on any atom is -0.492 e. The van der Waals surface area contributed by atoms with Crippen LogP contribution >= 0.6 is 0 Å². The largest absolute Gasteiger partial charge is 0.492 e. The maximum absolute atomic E-state index is 5.80. The van der Waals surface area contributed by atoms with Gasteiger partial charge >= 0.3 is 0 Å². The van der Waals surface area contributed by atoms with Gasteiger partial charge in [-0.05, 0) is 33.0 Å². The Morgan fingerprint density at radius 3 is 2.58 bits per heavy atom. The molecule has 1 N–H and O–H groups in total. The zero-order valence-corrected chi connectivity index (χ0v) is 16.8. The second kappa shape index (κ2) is 11.0. The molecule has 0 amide bonds. The number of hydrogen-bond acceptors (Lipinski definition) is 4. The molecule has 0 radical (unpaired) electrons. The van der Waals surface area contributed by atoms with Crippen LogP contribution in [-0.4, -0.2) is 93.2 Å². The second-order valence-electron chi connectivity index (χ2n) is 6.97. The number of nitrogens with zero attached hydrogens (tertiary/aromatic N) is 4. The summed E-state index contributed by atoms with van der Waals surface area (Å²) in [5.74, 6) is 1.86. The summed E-state index contributed by atoms with van der Waals surface area (Å²) in [5, 5.41) is 3.39. The Morgan fingerprint density at radius 1 is 1.23 bits per heavy atom. The van der Waals surface area contributed by atoms with Crippen LogP contribution in [0, 0.1) is 0 Å². The van der Waals surface area contributed by atoms with Crippen LogP contribution in [0.15, 0.2) is 35.3 Å². The van der Waals surface area contributed by atoms with Gasteiger partial charge in [0.05, 0.1) is 13.1 Å². The molecule has 1 aliphatic heterocycles. The van der Waals surface area contributed by atoms with Crippen LogP contribution in [0.4, 0.5) is 0 Å². The first-order chi connectivity index (χ1) is 12.6. The topological polar surface area (TPSA) is 43.3 Å². The van der Waals surface area contributed by atoms with E-state index in [1.165, 1.54) is 0 Å². The van der Waals surface area contributed by atoms with Gasteiger partial charge in [-0.3, -0.25) is 9.89 Å². The van der Waals surface area contributed by atoms with Gasteiger partial charge in [-0.15, -0.1) is 0 Å². The Balaban J connectivity index is 1.80. The van der Waals surface area contributed by atoms with Gasteiger partial charge in [-0.25, -0.2) is 0 Å². The summed E-state index contributed by atoms with van der Waals surface area (Å²) in [6.07, 6.45) is 0. The maximum atomic E-state index is 5.80. The third kappa shape index (κ3) is 6.84. The summed E-state index contributed by atoms with van der Waals surface area (Å²) in [6.45, 7) is 12.0. The van der Waals surface area contributed by atoms with Crippen molar-refractivity contribution in [2.75, 3.05) is 66.5 Å². The monoisotopic (exact) mass is 361 g/mol. The lowest BCUT2D eigenvalue weighted by atomic mass is 10.2. The van der Waals surface area contributed by atoms with Gasteiger partial charge in [0.2, 0.25) is 0 Å². The number of hydrogen-bond donors (Lipinski definition) is 1. The molecule has 0 spiro atoms. The van der Waals surface area contributed by atoms with E-state index in [1.54, 1.807) is 0 Å². The molecular formula is C20H35N5O. The van der Waals surface area contributed by atoms with Crippen LogP contribution in [0.5, 0.6) is 5.75 Å². The number of guanidine groups is 1. The Kier molecular flexibility index (Phi) is 8.71. The van der Waals surface area contributed by atoms with Gasteiger partial charge in [0.1, 0.15) is 12.4 Å². The second-order valence-corrected chi connectivity index (χ2v) is 6.97. The van der Waals surface area contributed by atoms with Gasteiger partial charge < -0.3 is 19.9 Å². The van der Waals surface area contributed by atoms with Gasteiger partial charge in [-0.1, -0.05) is 18.2 Å². The molecule has 1 aromatic carbocycles. The standard InChI is InChI=1S/C20H35N5O/c1-5-21-20(22-17-18(2)25-13-11-23(3)12-14-25)24(4)15-16-26-19-9-7-6-8-10-19/h6-10,18H,5,11-17H2,1-4H3,(H,21,22). The van der Waals surface area contributed by atoms with Gasteiger partial charge in [0.25, 0.3) is 0 Å². The van der Waals surface area contributed by atoms with E-state index < -0.39 is 0 Å². The summed E-state index contributed by atoms with van der Waals surface area (Å²) < 4.78 is 5.80. The highest BCUT2D eigenvalue weighted by Crippen LogP contribution is 2.08. The Hall–Kier alpha value is -1.79. The molecule has 2 rings (SSSR count). The van der Waals surface area contributed by atoms with Crippen molar-refractivity contribution in [1.82, 2.24) is 20.0 Å². The molecule has 0 aromatic heterocycles. The smallest absolute Gasteiger partial charge is 0.193 e. The highest BCUT2D eigenvalue weighted by Gasteiger charge is 2.19. The molecule has 26 heavy (non-hydrogen) atoms. The molecule has 0 saturated carbocycles. The van der Waals surface area contributed by atoms with E-state index in [0.29, 0.717) is 12.6 Å². The molecule has 1 fully saturated rings. The van der Waals surface area contributed by atoms with Gasteiger partial charge in [0.15, 0.2) is 5.96 Å². The molecule has 0 bridgehead atoms. The number of piperazine rings is 1. The molecule has 6 nitrogen and oxygen atoms in total. The van der Waals surface area contributed by atoms with Crippen molar-refractivity contribution in [2.24, 2.45) is 4.99 Å². The zero-order chi connectivity index (χ0) is 18.8. The first-order valence-corrected chi connectivity index (χ1v) is 9.70. The molecule has 1 heterocycles. The molecule has 1 atom stereocenters. The highest BCUT2D eigenvalue weighted by molar-refractivity contribution is 5.79. The molecule has 1 aliphatic rings. The van der Waals surface area contributed by atoms with Crippen molar-refractivity contribution in [3.8, 4) is 5.75 Å². The number of para-hydroxylation sites is 1. The van der Waals surface area contributed by atoms with E-state index in [-0.39, 0.29) is 0 Å². The number of nitrogens with one attached hydrogen (secondary N) is 1. The molecule has 1 unspecified atom stereocenters. The average molecular weight is 362 g/mol. The molecule has 6 heteroatoms. The molecular weight excluding hydrogens is 326 g/mol. The maximum Gasteiger partial charge on any atom is 0.193 e. The third-order valence-corrected chi connectivity index (χ3v) is 4.80. The first kappa shape index (κ1) is 20.5. The summed E-state index contributed by atoms with van der Waals surface area (Å²) in [5.41, 5.74) is 0. The van der Waals surface area contributed by atoms with Crippen molar-refractivity contribution in [1.29, 1.82) is 0 Å². The average Bonchev–Trinajstić information content (AvgIpc) is 2.66. The molecule has 1 saturated heterocycles. The Bertz CT molecular complexity index is 528.